The van der Waals surface area contributed by atoms with Crippen molar-refractivity contribution in [1.82, 2.24) is 14.5 Å². The van der Waals surface area contributed by atoms with Crippen LogP contribution >= 0.6 is 35.1 Å². The molecule has 1 fully saturated rings. The number of carbonyl (C=O) groups is 3. The molecule has 30 heavy (non-hydrogen) atoms. The van der Waals surface area contributed by atoms with E-state index in [9.17, 15) is 14.4 Å². The van der Waals surface area contributed by atoms with Gasteiger partial charge in [-0.05, 0) is 42.0 Å². The second-order valence-electron chi connectivity index (χ2n) is 6.35. The molecule has 1 N–H and O–H groups in total. The largest absolute Gasteiger partial charge is 0.444 e. The Balaban J connectivity index is 1.74. The van der Waals surface area contributed by atoms with E-state index in [2.05, 4.69) is 5.32 Å². The molecule has 1 aliphatic heterocycles. The van der Waals surface area contributed by atoms with E-state index in [-0.39, 0.29) is 25.1 Å². The summed E-state index contributed by atoms with van der Waals surface area (Å²) in [4.78, 5) is 38.4. The minimum absolute atomic E-state index is 0.186. The topological polar surface area (TPSA) is 79.0 Å². The molecule has 0 aromatic heterocycles. The fraction of sp³-hybridized carbons (Fsp3) is 0.250. The zero-order chi connectivity index (χ0) is 21.7. The lowest BCUT2D eigenvalue weighted by molar-refractivity contribution is -0.146. The van der Waals surface area contributed by atoms with E-state index in [1.165, 1.54) is 9.21 Å². The summed E-state index contributed by atoms with van der Waals surface area (Å²) in [6, 6.07) is 13.1. The second-order valence-corrected chi connectivity index (χ2v) is 8.32. The van der Waals surface area contributed by atoms with Crippen molar-refractivity contribution in [2.45, 2.75) is 25.4 Å². The Morgan fingerprint density at radius 2 is 1.67 bits per heavy atom. The number of halogens is 2. The Kier molecular flexibility index (Phi) is 7.47. The molecular formula is C20H19Cl2N3O4S. The number of ether oxygens (including phenoxy) is 1. The third-order valence-electron chi connectivity index (χ3n) is 4.22. The van der Waals surface area contributed by atoms with Crippen molar-refractivity contribution in [3.63, 3.8) is 0 Å². The minimum Gasteiger partial charge on any atom is -0.444 e. The van der Waals surface area contributed by atoms with Gasteiger partial charge in [-0.2, -0.15) is 0 Å². The van der Waals surface area contributed by atoms with Gasteiger partial charge in [0.15, 0.2) is 12.2 Å². The lowest BCUT2D eigenvalue weighted by Crippen LogP contribution is -2.46. The van der Waals surface area contributed by atoms with Crippen LogP contribution in [0.3, 0.4) is 0 Å². The van der Waals surface area contributed by atoms with Gasteiger partial charge >= 0.3 is 12.0 Å². The quantitative estimate of drug-likeness (QED) is 0.478. The average molecular weight is 468 g/mol. The molecular weight excluding hydrogens is 449 g/mol. The van der Waals surface area contributed by atoms with Gasteiger partial charge in [0.05, 0.1) is 6.54 Å². The van der Waals surface area contributed by atoms with Gasteiger partial charge in [-0.1, -0.05) is 42.3 Å². The van der Waals surface area contributed by atoms with Gasteiger partial charge in [-0.3, -0.25) is 18.8 Å². The SMILES string of the molecule is CCC(=O)OCN1C(=O)N(Cc2ccc(Cl)cc2)SC1NC(=O)c1ccc(Cl)cc1. The lowest BCUT2D eigenvalue weighted by atomic mass is 10.2. The van der Waals surface area contributed by atoms with Crippen molar-refractivity contribution >= 4 is 53.1 Å². The number of carbonyl (C=O) groups excluding carboxylic acids is 3. The van der Waals surface area contributed by atoms with Crippen molar-refractivity contribution in [3.05, 3.63) is 69.7 Å². The molecule has 0 spiro atoms. The summed E-state index contributed by atoms with van der Waals surface area (Å²) in [6.45, 7) is 1.70. The van der Waals surface area contributed by atoms with Crippen LogP contribution in [0.2, 0.25) is 10.0 Å². The number of rotatable bonds is 7. The van der Waals surface area contributed by atoms with E-state index < -0.39 is 11.5 Å². The number of esters is 1. The molecule has 3 amide bonds. The monoisotopic (exact) mass is 467 g/mol. The van der Waals surface area contributed by atoms with E-state index in [0.717, 1.165) is 17.5 Å². The zero-order valence-electron chi connectivity index (χ0n) is 16.0. The Morgan fingerprint density at radius 3 is 2.27 bits per heavy atom. The van der Waals surface area contributed by atoms with Crippen molar-refractivity contribution < 1.29 is 19.1 Å². The van der Waals surface area contributed by atoms with Gasteiger partial charge in [-0.15, -0.1) is 0 Å². The zero-order valence-corrected chi connectivity index (χ0v) is 18.3. The standard InChI is InChI=1S/C20H19Cl2N3O4S/c1-2-17(26)29-12-24-19(23-18(27)14-5-9-16(22)10-6-14)30-25(20(24)28)11-13-3-7-15(21)8-4-13/h3-10,19H,2,11-12H2,1H3,(H,23,27). The lowest BCUT2D eigenvalue weighted by Gasteiger charge is -2.22. The van der Waals surface area contributed by atoms with Gasteiger partial charge in [0, 0.05) is 34.0 Å². The molecule has 3 rings (SSSR count). The summed E-state index contributed by atoms with van der Waals surface area (Å²) in [5.74, 6) is -0.816. The molecule has 0 aliphatic carbocycles. The predicted octanol–water partition coefficient (Wildman–Crippen LogP) is 4.50. The first kappa shape index (κ1) is 22.3. The number of nitrogens with zero attached hydrogens (tertiary/aromatic N) is 2. The number of benzene rings is 2. The Morgan fingerprint density at radius 1 is 1.07 bits per heavy atom. The van der Waals surface area contributed by atoms with Crippen LogP contribution in [0.4, 0.5) is 4.79 Å². The predicted molar refractivity (Wildman–Crippen MR) is 116 cm³/mol. The van der Waals surface area contributed by atoms with Gasteiger partial charge in [-0.25, -0.2) is 4.79 Å². The molecule has 0 saturated carbocycles. The summed E-state index contributed by atoms with van der Waals surface area (Å²) in [5.41, 5.74) is 0.530. The fourth-order valence-electron chi connectivity index (χ4n) is 2.59. The average Bonchev–Trinajstić information content (AvgIpc) is 3.02. The molecule has 1 aliphatic rings. The third-order valence-corrected chi connectivity index (χ3v) is 5.84. The van der Waals surface area contributed by atoms with Crippen LogP contribution in [0, 0.1) is 0 Å². The first-order valence-electron chi connectivity index (χ1n) is 9.08. The van der Waals surface area contributed by atoms with Gasteiger partial charge in [0.25, 0.3) is 5.91 Å². The summed E-state index contributed by atoms with van der Waals surface area (Å²) in [5, 5.41) is 3.90. The Hall–Kier alpha value is -2.42. The minimum atomic E-state index is -0.738. The third kappa shape index (κ3) is 5.59. The molecule has 2 aromatic carbocycles. The fourth-order valence-corrected chi connectivity index (χ4v) is 3.93. The van der Waals surface area contributed by atoms with Crippen molar-refractivity contribution in [2.24, 2.45) is 0 Å². The first-order chi connectivity index (χ1) is 14.4. The highest BCUT2D eigenvalue weighted by Crippen LogP contribution is 2.31. The molecule has 7 nitrogen and oxygen atoms in total. The van der Waals surface area contributed by atoms with Crippen LogP contribution in [-0.4, -0.2) is 39.3 Å². The second kappa shape index (κ2) is 10.1. The molecule has 10 heteroatoms. The molecule has 2 aromatic rings. The highest BCUT2D eigenvalue weighted by molar-refractivity contribution is 7.98. The number of urea groups is 1. The Bertz CT molecular complexity index is 925. The summed E-state index contributed by atoms with van der Waals surface area (Å²) in [7, 11) is 0. The number of hydrogen-bond donors (Lipinski definition) is 1. The van der Waals surface area contributed by atoms with E-state index in [4.69, 9.17) is 27.9 Å². The summed E-state index contributed by atoms with van der Waals surface area (Å²) < 4.78 is 6.63. The molecule has 1 heterocycles. The number of hydrogen-bond acceptors (Lipinski definition) is 5. The Labute approximate surface area is 188 Å². The van der Waals surface area contributed by atoms with Crippen LogP contribution in [0.25, 0.3) is 0 Å². The molecule has 0 radical (unpaired) electrons. The normalized spacial score (nSPS) is 16.0. The number of nitrogens with one attached hydrogen (secondary N) is 1. The van der Waals surface area contributed by atoms with Crippen LogP contribution in [0.5, 0.6) is 0 Å². The van der Waals surface area contributed by atoms with Crippen LogP contribution in [0.1, 0.15) is 29.3 Å². The maximum atomic E-state index is 12.9. The highest BCUT2D eigenvalue weighted by Gasteiger charge is 2.40. The smallest absolute Gasteiger partial charge is 0.335 e. The van der Waals surface area contributed by atoms with E-state index in [1.54, 1.807) is 43.3 Å². The molecule has 1 atom stereocenters. The molecule has 0 bridgehead atoms. The molecule has 1 unspecified atom stereocenters. The summed E-state index contributed by atoms with van der Waals surface area (Å²) >= 11 is 12.9. The van der Waals surface area contributed by atoms with Crippen molar-refractivity contribution in [3.8, 4) is 0 Å². The van der Waals surface area contributed by atoms with Gasteiger partial charge < -0.3 is 10.1 Å². The summed E-state index contributed by atoms with van der Waals surface area (Å²) in [6.07, 6.45) is 0.186. The molecule has 158 valence electrons. The van der Waals surface area contributed by atoms with Gasteiger partial charge in [0.2, 0.25) is 0 Å². The van der Waals surface area contributed by atoms with Gasteiger partial charge in [0.1, 0.15) is 0 Å². The van der Waals surface area contributed by atoms with E-state index in [0.29, 0.717) is 22.2 Å². The maximum Gasteiger partial charge on any atom is 0.335 e. The molecule has 1 saturated heterocycles. The first-order valence-corrected chi connectivity index (χ1v) is 10.7. The highest BCUT2D eigenvalue weighted by atomic mass is 35.5. The van der Waals surface area contributed by atoms with Crippen LogP contribution < -0.4 is 5.32 Å². The number of amides is 3. The van der Waals surface area contributed by atoms with E-state index >= 15 is 0 Å². The van der Waals surface area contributed by atoms with Crippen LogP contribution in [-0.2, 0) is 16.1 Å². The maximum absolute atomic E-state index is 12.9. The van der Waals surface area contributed by atoms with Crippen molar-refractivity contribution in [2.75, 3.05) is 6.73 Å². The van der Waals surface area contributed by atoms with Crippen LogP contribution in [0.15, 0.2) is 48.5 Å². The van der Waals surface area contributed by atoms with E-state index in [1.807, 2.05) is 12.1 Å². The van der Waals surface area contributed by atoms with Crippen molar-refractivity contribution in [1.29, 1.82) is 0 Å².